The summed E-state index contributed by atoms with van der Waals surface area (Å²) in [6, 6.07) is 0.700. The van der Waals surface area contributed by atoms with E-state index < -0.39 is 11.9 Å². The Balaban J connectivity index is 1.77. The van der Waals surface area contributed by atoms with Gasteiger partial charge in [0, 0.05) is 45.8 Å². The second-order valence-corrected chi connectivity index (χ2v) is 5.66. The van der Waals surface area contributed by atoms with Gasteiger partial charge in [-0.2, -0.15) is 0 Å². The van der Waals surface area contributed by atoms with E-state index in [1.165, 1.54) is 17.7 Å². The van der Waals surface area contributed by atoms with Crippen molar-refractivity contribution in [2.24, 2.45) is 5.92 Å². The van der Waals surface area contributed by atoms with Gasteiger partial charge < -0.3 is 14.9 Å². The first-order valence-corrected chi connectivity index (χ1v) is 6.96. The summed E-state index contributed by atoms with van der Waals surface area (Å²) in [6.45, 7) is 5.27. The summed E-state index contributed by atoms with van der Waals surface area (Å²) in [5, 5.41) is 8.87. The van der Waals surface area contributed by atoms with Gasteiger partial charge in [0.25, 0.3) is 0 Å². The second kappa shape index (κ2) is 5.77. The smallest absolute Gasteiger partial charge is 0.319 e. The summed E-state index contributed by atoms with van der Waals surface area (Å²) in [5.41, 5.74) is 0. The zero-order valence-electron chi connectivity index (χ0n) is 11.7. The molecule has 6 heteroatoms. The van der Waals surface area contributed by atoms with Crippen molar-refractivity contribution in [3.63, 3.8) is 0 Å². The Labute approximate surface area is 114 Å². The predicted octanol–water partition coefficient (Wildman–Crippen LogP) is 0.539. The number of hydrogen-bond acceptors (Lipinski definition) is 3. The minimum atomic E-state index is -0.863. The Hall–Kier alpha value is -1.30. The average molecular weight is 269 g/mol. The maximum Gasteiger partial charge on any atom is 0.319 e. The zero-order chi connectivity index (χ0) is 14.0. The Morgan fingerprint density at radius 1 is 1.26 bits per heavy atom. The Bertz CT molecular complexity index is 349. The third-order valence-electron chi connectivity index (χ3n) is 3.94. The summed E-state index contributed by atoms with van der Waals surface area (Å²) >= 11 is 0. The van der Waals surface area contributed by atoms with E-state index >= 15 is 0 Å². The van der Waals surface area contributed by atoms with Gasteiger partial charge in [-0.1, -0.05) is 6.92 Å². The van der Waals surface area contributed by atoms with Crippen LogP contribution in [0.1, 0.15) is 19.8 Å². The molecule has 1 atom stereocenters. The summed E-state index contributed by atoms with van der Waals surface area (Å²) in [7, 11) is 1.68. The van der Waals surface area contributed by atoms with Gasteiger partial charge >= 0.3 is 12.0 Å². The number of nitrogens with zero attached hydrogens (tertiary/aromatic N) is 3. The maximum absolute atomic E-state index is 12.2. The van der Waals surface area contributed by atoms with E-state index in [9.17, 15) is 9.59 Å². The number of carbonyl (C=O) groups excluding carboxylic acids is 1. The molecule has 2 rings (SSSR count). The van der Waals surface area contributed by atoms with Crippen molar-refractivity contribution < 1.29 is 14.7 Å². The monoisotopic (exact) mass is 269 g/mol. The number of carbonyl (C=O) groups is 2. The third kappa shape index (κ3) is 3.59. The first kappa shape index (κ1) is 14.1. The first-order chi connectivity index (χ1) is 8.99. The molecule has 19 heavy (non-hydrogen) atoms. The number of hydrogen-bond donors (Lipinski definition) is 1. The lowest BCUT2D eigenvalue weighted by Crippen LogP contribution is -2.53. The summed E-state index contributed by atoms with van der Waals surface area (Å²) in [5.74, 6) is -1.39. The highest BCUT2D eigenvalue weighted by molar-refractivity contribution is 5.76. The van der Waals surface area contributed by atoms with Crippen LogP contribution in [0.4, 0.5) is 4.79 Å². The molecule has 0 bridgehead atoms. The molecule has 1 N–H and O–H groups in total. The molecule has 0 aromatic heterocycles. The van der Waals surface area contributed by atoms with Gasteiger partial charge in [0.1, 0.15) is 0 Å². The van der Waals surface area contributed by atoms with Crippen LogP contribution in [-0.4, -0.2) is 77.6 Å². The van der Waals surface area contributed by atoms with Crippen molar-refractivity contribution in [2.45, 2.75) is 25.8 Å². The SMILES string of the molecule is CC(CN(C)C(=O)N1CCN(C2CC2)CC1)C(=O)O. The number of rotatable bonds is 4. The van der Waals surface area contributed by atoms with Gasteiger partial charge in [-0.25, -0.2) is 4.79 Å². The van der Waals surface area contributed by atoms with Gasteiger partial charge in [0.15, 0.2) is 0 Å². The van der Waals surface area contributed by atoms with E-state index in [0.29, 0.717) is 0 Å². The quantitative estimate of drug-likeness (QED) is 0.809. The molecule has 1 aliphatic carbocycles. The van der Waals surface area contributed by atoms with Crippen molar-refractivity contribution in [2.75, 3.05) is 39.8 Å². The molecule has 2 amide bonds. The molecule has 1 saturated heterocycles. The predicted molar refractivity (Wildman–Crippen MR) is 71.0 cm³/mol. The van der Waals surface area contributed by atoms with E-state index in [4.69, 9.17) is 5.11 Å². The minimum absolute atomic E-state index is 0.0523. The summed E-state index contributed by atoms with van der Waals surface area (Å²) < 4.78 is 0. The minimum Gasteiger partial charge on any atom is -0.481 e. The fraction of sp³-hybridized carbons (Fsp3) is 0.846. The van der Waals surface area contributed by atoms with Crippen LogP contribution in [0.15, 0.2) is 0 Å². The molecule has 6 nitrogen and oxygen atoms in total. The number of carboxylic acid groups (broad SMARTS) is 1. The average Bonchev–Trinajstić information content (AvgIpc) is 3.22. The van der Waals surface area contributed by atoms with E-state index in [-0.39, 0.29) is 12.6 Å². The van der Waals surface area contributed by atoms with Crippen molar-refractivity contribution >= 4 is 12.0 Å². The summed E-state index contributed by atoms with van der Waals surface area (Å²) in [4.78, 5) is 28.8. The third-order valence-corrected chi connectivity index (χ3v) is 3.94. The fourth-order valence-electron chi connectivity index (χ4n) is 2.53. The second-order valence-electron chi connectivity index (χ2n) is 5.66. The highest BCUT2D eigenvalue weighted by atomic mass is 16.4. The lowest BCUT2D eigenvalue weighted by atomic mass is 10.2. The van der Waals surface area contributed by atoms with E-state index in [1.807, 2.05) is 4.90 Å². The van der Waals surface area contributed by atoms with Gasteiger partial charge in [-0.05, 0) is 12.8 Å². The number of piperazine rings is 1. The zero-order valence-corrected chi connectivity index (χ0v) is 11.7. The van der Waals surface area contributed by atoms with Gasteiger partial charge in [-0.15, -0.1) is 0 Å². The highest BCUT2D eigenvalue weighted by Gasteiger charge is 2.33. The molecule has 108 valence electrons. The van der Waals surface area contributed by atoms with Crippen LogP contribution in [0.5, 0.6) is 0 Å². The standard InChI is InChI=1S/C13H23N3O3/c1-10(12(17)18)9-14(2)13(19)16-7-5-15(6-8-16)11-3-4-11/h10-11H,3-9H2,1-2H3,(H,17,18). The van der Waals surface area contributed by atoms with Gasteiger partial charge in [-0.3, -0.25) is 9.69 Å². The number of carboxylic acids is 1. The molecule has 0 radical (unpaired) electrons. The van der Waals surface area contributed by atoms with Crippen molar-refractivity contribution in [1.29, 1.82) is 0 Å². The fourth-order valence-corrected chi connectivity index (χ4v) is 2.53. The van der Waals surface area contributed by atoms with Gasteiger partial charge in [0.2, 0.25) is 0 Å². The molecular formula is C13H23N3O3. The van der Waals surface area contributed by atoms with Crippen LogP contribution in [0.3, 0.4) is 0 Å². The van der Waals surface area contributed by atoms with Crippen molar-refractivity contribution in [3.05, 3.63) is 0 Å². The van der Waals surface area contributed by atoms with Crippen molar-refractivity contribution in [3.8, 4) is 0 Å². The Kier molecular flexibility index (Phi) is 4.29. The van der Waals surface area contributed by atoms with Gasteiger partial charge in [0.05, 0.1) is 5.92 Å². The highest BCUT2D eigenvalue weighted by Crippen LogP contribution is 2.27. The molecule has 1 heterocycles. The van der Waals surface area contributed by atoms with Crippen LogP contribution < -0.4 is 0 Å². The molecule has 0 aromatic carbocycles. The number of aliphatic carboxylic acids is 1. The summed E-state index contributed by atoms with van der Waals surface area (Å²) in [6.07, 6.45) is 2.59. The molecular weight excluding hydrogens is 246 g/mol. The molecule has 2 aliphatic rings. The molecule has 0 aromatic rings. The number of amides is 2. The molecule has 2 fully saturated rings. The Morgan fingerprint density at radius 2 is 1.84 bits per heavy atom. The van der Waals surface area contributed by atoms with E-state index in [1.54, 1.807) is 14.0 Å². The largest absolute Gasteiger partial charge is 0.481 e. The molecule has 0 spiro atoms. The van der Waals surface area contributed by atoms with Crippen LogP contribution in [0.25, 0.3) is 0 Å². The normalized spacial score (nSPS) is 22.1. The van der Waals surface area contributed by atoms with Crippen LogP contribution in [-0.2, 0) is 4.79 Å². The van der Waals surface area contributed by atoms with E-state index in [0.717, 1.165) is 32.2 Å². The van der Waals surface area contributed by atoms with Crippen molar-refractivity contribution in [1.82, 2.24) is 14.7 Å². The lowest BCUT2D eigenvalue weighted by molar-refractivity contribution is -0.141. The van der Waals surface area contributed by atoms with Crippen LogP contribution >= 0.6 is 0 Å². The molecule has 1 saturated carbocycles. The molecule has 1 aliphatic heterocycles. The lowest BCUT2D eigenvalue weighted by Gasteiger charge is -2.37. The Morgan fingerprint density at radius 3 is 2.32 bits per heavy atom. The number of urea groups is 1. The maximum atomic E-state index is 12.2. The topological polar surface area (TPSA) is 64.1 Å². The first-order valence-electron chi connectivity index (χ1n) is 6.96. The van der Waals surface area contributed by atoms with Crippen LogP contribution in [0.2, 0.25) is 0 Å². The molecule has 1 unspecified atom stereocenters. The van der Waals surface area contributed by atoms with Crippen LogP contribution in [0, 0.1) is 5.92 Å². The van der Waals surface area contributed by atoms with E-state index in [2.05, 4.69) is 4.90 Å².